The maximum atomic E-state index is 6.18. The molecule has 0 aromatic carbocycles. The predicted molar refractivity (Wildman–Crippen MR) is 73.9 cm³/mol. The summed E-state index contributed by atoms with van der Waals surface area (Å²) in [5.74, 6) is 2.35. The highest BCUT2D eigenvalue weighted by molar-refractivity contribution is 7.99. The lowest BCUT2D eigenvalue weighted by Gasteiger charge is -2.45. The van der Waals surface area contributed by atoms with Crippen molar-refractivity contribution < 1.29 is 4.74 Å². The Morgan fingerprint density at radius 1 is 1.67 bits per heavy atom. The summed E-state index contributed by atoms with van der Waals surface area (Å²) < 4.78 is 8.32. The first-order valence-electron chi connectivity index (χ1n) is 6.81. The summed E-state index contributed by atoms with van der Waals surface area (Å²) in [6.45, 7) is 4.87. The van der Waals surface area contributed by atoms with E-state index in [1.165, 1.54) is 12.2 Å². The summed E-state index contributed by atoms with van der Waals surface area (Å²) in [6.07, 6.45) is 6.48. The Bertz CT molecular complexity index is 392. The summed E-state index contributed by atoms with van der Waals surface area (Å²) in [4.78, 5) is 4.57. The van der Waals surface area contributed by atoms with E-state index in [-0.39, 0.29) is 11.6 Å². The molecule has 1 N–H and O–H groups in total. The minimum absolute atomic E-state index is 0.0336. The molecule has 0 amide bonds. The molecule has 4 nitrogen and oxygen atoms in total. The number of aryl methyl sites for hydroxylation is 1. The third kappa shape index (κ3) is 2.19. The predicted octanol–water partition coefficient (Wildman–Crippen LogP) is 1.83. The van der Waals surface area contributed by atoms with E-state index in [1.54, 1.807) is 0 Å². The number of aromatic nitrogens is 2. The first-order chi connectivity index (χ1) is 8.84. The molecule has 3 heterocycles. The molecule has 1 aromatic heterocycles. The van der Waals surface area contributed by atoms with Crippen molar-refractivity contribution in [3.8, 4) is 0 Å². The lowest BCUT2D eigenvalue weighted by Crippen LogP contribution is -2.55. The Labute approximate surface area is 112 Å². The summed E-state index contributed by atoms with van der Waals surface area (Å²) in [5.41, 5.74) is 1.10. The van der Waals surface area contributed by atoms with E-state index in [0.29, 0.717) is 0 Å². The summed E-state index contributed by atoms with van der Waals surface area (Å²) in [5, 5.41) is 3.62. The van der Waals surface area contributed by atoms with Gasteiger partial charge in [0.15, 0.2) is 0 Å². The minimum atomic E-state index is -0.0336. The third-order valence-electron chi connectivity index (χ3n) is 3.92. The van der Waals surface area contributed by atoms with Gasteiger partial charge in [0.05, 0.1) is 30.3 Å². The average molecular weight is 267 g/mol. The van der Waals surface area contributed by atoms with Crippen molar-refractivity contribution in [2.24, 2.45) is 0 Å². The molecule has 2 aliphatic rings. The van der Waals surface area contributed by atoms with Crippen LogP contribution in [0, 0.1) is 0 Å². The molecular formula is C13H21N3OS. The molecule has 2 aliphatic heterocycles. The Morgan fingerprint density at radius 3 is 3.33 bits per heavy atom. The first kappa shape index (κ1) is 12.5. The molecule has 0 aliphatic carbocycles. The SMILES string of the molecule is CCn1cnc(C2NCCOC23CCCSC3)c1. The van der Waals surface area contributed by atoms with Crippen LogP contribution >= 0.6 is 11.8 Å². The topological polar surface area (TPSA) is 39.1 Å². The molecule has 2 saturated heterocycles. The van der Waals surface area contributed by atoms with Crippen LogP contribution in [-0.2, 0) is 11.3 Å². The summed E-state index contributed by atoms with van der Waals surface area (Å²) in [7, 11) is 0. The molecular weight excluding hydrogens is 246 g/mol. The first-order valence-corrected chi connectivity index (χ1v) is 7.96. The average Bonchev–Trinajstić information content (AvgIpc) is 2.89. The van der Waals surface area contributed by atoms with E-state index in [0.717, 1.165) is 37.6 Å². The molecule has 1 spiro atoms. The second kappa shape index (κ2) is 5.23. The zero-order chi connectivity index (χ0) is 12.4. The standard InChI is InChI=1S/C13H21N3OS/c1-2-16-8-11(15-10-16)12-13(17-6-5-14-12)4-3-7-18-9-13/h8,10,12,14H,2-7,9H2,1H3. The van der Waals surface area contributed by atoms with Crippen LogP contribution in [0.15, 0.2) is 12.5 Å². The Balaban J connectivity index is 1.86. The summed E-state index contributed by atoms with van der Waals surface area (Å²) in [6, 6.07) is 0.256. The van der Waals surface area contributed by atoms with E-state index in [9.17, 15) is 0 Å². The van der Waals surface area contributed by atoms with Crippen LogP contribution < -0.4 is 5.32 Å². The lowest BCUT2D eigenvalue weighted by atomic mass is 9.87. The molecule has 0 bridgehead atoms. The zero-order valence-electron chi connectivity index (χ0n) is 10.9. The van der Waals surface area contributed by atoms with Gasteiger partial charge in [-0.2, -0.15) is 11.8 Å². The van der Waals surface area contributed by atoms with Crippen LogP contribution in [0.5, 0.6) is 0 Å². The maximum absolute atomic E-state index is 6.18. The fourth-order valence-electron chi connectivity index (χ4n) is 2.93. The van der Waals surface area contributed by atoms with Gasteiger partial charge in [0.2, 0.25) is 0 Å². The van der Waals surface area contributed by atoms with Crippen LogP contribution in [0.4, 0.5) is 0 Å². The third-order valence-corrected chi connectivity index (χ3v) is 5.19. The van der Waals surface area contributed by atoms with Crippen molar-refractivity contribution in [2.75, 3.05) is 24.7 Å². The van der Waals surface area contributed by atoms with Gasteiger partial charge >= 0.3 is 0 Å². The number of thioether (sulfide) groups is 1. The number of hydrogen-bond donors (Lipinski definition) is 1. The Hall–Kier alpha value is -0.520. The molecule has 0 saturated carbocycles. The van der Waals surface area contributed by atoms with Crippen LogP contribution in [0.3, 0.4) is 0 Å². The zero-order valence-corrected chi connectivity index (χ0v) is 11.7. The molecule has 100 valence electrons. The summed E-state index contributed by atoms with van der Waals surface area (Å²) >= 11 is 2.01. The van der Waals surface area contributed by atoms with Crippen LogP contribution in [0.25, 0.3) is 0 Å². The van der Waals surface area contributed by atoms with Gasteiger partial charge in [0.25, 0.3) is 0 Å². The van der Waals surface area contributed by atoms with Gasteiger partial charge in [0, 0.05) is 25.0 Å². The highest BCUT2D eigenvalue weighted by Crippen LogP contribution is 2.40. The van der Waals surface area contributed by atoms with Crippen molar-refractivity contribution in [1.29, 1.82) is 0 Å². The fourth-order valence-corrected chi connectivity index (χ4v) is 4.17. The van der Waals surface area contributed by atoms with Gasteiger partial charge in [-0.15, -0.1) is 0 Å². The molecule has 2 atom stereocenters. The number of hydrogen-bond acceptors (Lipinski definition) is 4. The van der Waals surface area contributed by atoms with Gasteiger partial charge in [-0.1, -0.05) is 0 Å². The van der Waals surface area contributed by atoms with Crippen molar-refractivity contribution in [3.63, 3.8) is 0 Å². The van der Waals surface area contributed by atoms with Crippen molar-refractivity contribution >= 4 is 11.8 Å². The normalized spacial score (nSPS) is 32.8. The number of ether oxygens (including phenoxy) is 1. The second-order valence-electron chi connectivity index (χ2n) is 5.09. The van der Waals surface area contributed by atoms with E-state index < -0.39 is 0 Å². The van der Waals surface area contributed by atoms with Crippen molar-refractivity contribution in [2.45, 2.75) is 38.0 Å². The van der Waals surface area contributed by atoms with Crippen molar-refractivity contribution in [3.05, 3.63) is 18.2 Å². The number of nitrogens with zero attached hydrogens (tertiary/aromatic N) is 2. The van der Waals surface area contributed by atoms with E-state index in [4.69, 9.17) is 4.74 Å². The molecule has 5 heteroatoms. The van der Waals surface area contributed by atoms with E-state index >= 15 is 0 Å². The Morgan fingerprint density at radius 2 is 2.61 bits per heavy atom. The second-order valence-corrected chi connectivity index (χ2v) is 6.19. The molecule has 2 fully saturated rings. The number of rotatable bonds is 2. The van der Waals surface area contributed by atoms with Gasteiger partial charge in [0.1, 0.15) is 0 Å². The van der Waals surface area contributed by atoms with Gasteiger partial charge in [-0.05, 0) is 25.5 Å². The molecule has 2 unspecified atom stereocenters. The molecule has 1 aromatic rings. The lowest BCUT2D eigenvalue weighted by molar-refractivity contribution is -0.0897. The molecule has 0 radical (unpaired) electrons. The Kier molecular flexibility index (Phi) is 3.63. The monoisotopic (exact) mass is 267 g/mol. The van der Waals surface area contributed by atoms with Gasteiger partial charge < -0.3 is 14.6 Å². The number of nitrogens with one attached hydrogen (secondary N) is 1. The smallest absolute Gasteiger partial charge is 0.0982 e. The van der Waals surface area contributed by atoms with Crippen LogP contribution in [-0.4, -0.2) is 39.8 Å². The van der Waals surface area contributed by atoms with E-state index in [1.807, 2.05) is 18.1 Å². The van der Waals surface area contributed by atoms with Crippen molar-refractivity contribution in [1.82, 2.24) is 14.9 Å². The highest BCUT2D eigenvalue weighted by Gasteiger charge is 2.45. The quantitative estimate of drug-likeness (QED) is 0.887. The number of imidazole rings is 1. The number of morpholine rings is 1. The molecule has 3 rings (SSSR count). The maximum Gasteiger partial charge on any atom is 0.0982 e. The van der Waals surface area contributed by atoms with Crippen LogP contribution in [0.2, 0.25) is 0 Å². The minimum Gasteiger partial charge on any atom is -0.371 e. The fraction of sp³-hybridized carbons (Fsp3) is 0.769. The highest BCUT2D eigenvalue weighted by atomic mass is 32.2. The van der Waals surface area contributed by atoms with Gasteiger partial charge in [-0.25, -0.2) is 4.98 Å². The van der Waals surface area contributed by atoms with Crippen LogP contribution in [0.1, 0.15) is 31.5 Å². The van der Waals surface area contributed by atoms with E-state index in [2.05, 4.69) is 28.0 Å². The van der Waals surface area contributed by atoms with Gasteiger partial charge in [-0.3, -0.25) is 0 Å². The largest absolute Gasteiger partial charge is 0.371 e. The molecule has 18 heavy (non-hydrogen) atoms.